The average Bonchev–Trinajstić information content (AvgIpc) is 3.23. The molecule has 0 radical (unpaired) electrons. The van der Waals surface area contributed by atoms with Crippen LogP contribution in [0.4, 0.5) is 10.1 Å². The van der Waals surface area contributed by atoms with Gasteiger partial charge in [-0.05, 0) is 42.0 Å². The molecule has 7 nitrogen and oxygen atoms in total. The third-order valence-electron chi connectivity index (χ3n) is 5.10. The lowest BCUT2D eigenvalue weighted by Crippen LogP contribution is -2.49. The number of halogens is 2. The zero-order chi connectivity index (χ0) is 21.1. The van der Waals surface area contributed by atoms with Crippen LogP contribution in [-0.2, 0) is 6.54 Å². The number of nitrogens with zero attached hydrogens (tertiary/aromatic N) is 5. The maximum absolute atomic E-state index is 13.0. The van der Waals surface area contributed by atoms with E-state index in [1.807, 2.05) is 24.3 Å². The Morgan fingerprint density at radius 2 is 1.73 bits per heavy atom. The second kappa shape index (κ2) is 8.81. The zero-order valence-electron chi connectivity index (χ0n) is 16.2. The summed E-state index contributed by atoms with van der Waals surface area (Å²) in [5, 5.41) is 15.2. The Morgan fingerprint density at radius 1 is 1.07 bits per heavy atom. The summed E-state index contributed by atoms with van der Waals surface area (Å²) in [6, 6.07) is 13.3. The van der Waals surface area contributed by atoms with Gasteiger partial charge in [-0.3, -0.25) is 4.79 Å². The van der Waals surface area contributed by atoms with Crippen LogP contribution in [0.25, 0.3) is 0 Å². The molecule has 156 valence electrons. The number of rotatable bonds is 5. The highest BCUT2D eigenvalue weighted by Crippen LogP contribution is 2.20. The Balaban J connectivity index is 1.34. The van der Waals surface area contributed by atoms with E-state index in [0.29, 0.717) is 36.8 Å². The number of anilines is 1. The van der Waals surface area contributed by atoms with Crippen LogP contribution < -0.4 is 4.90 Å². The number of carbonyl (C=O) groups is 1. The summed E-state index contributed by atoms with van der Waals surface area (Å²) in [6.45, 7) is 2.66. The Morgan fingerprint density at radius 3 is 2.40 bits per heavy atom. The largest absolute Gasteiger partial charge is 0.386 e. The van der Waals surface area contributed by atoms with Crippen molar-refractivity contribution in [2.24, 2.45) is 0 Å². The van der Waals surface area contributed by atoms with Gasteiger partial charge in [-0.2, -0.15) is 0 Å². The molecule has 2 heterocycles. The van der Waals surface area contributed by atoms with Crippen molar-refractivity contribution in [3.05, 3.63) is 77.1 Å². The SMILES string of the molecule is O=C(c1ncn(C[C@H](O)c2ccc(F)cc2)n1)N1CCN(c2ccc(Cl)cc2)CC1. The summed E-state index contributed by atoms with van der Waals surface area (Å²) in [5.41, 5.74) is 1.64. The van der Waals surface area contributed by atoms with E-state index >= 15 is 0 Å². The molecular formula is C21H21ClFN5O2. The number of piperazine rings is 1. The van der Waals surface area contributed by atoms with Crippen molar-refractivity contribution in [1.82, 2.24) is 19.7 Å². The van der Waals surface area contributed by atoms with Crippen molar-refractivity contribution in [1.29, 1.82) is 0 Å². The minimum Gasteiger partial charge on any atom is -0.386 e. The number of hydrogen-bond donors (Lipinski definition) is 1. The first-order chi connectivity index (χ1) is 14.5. The highest BCUT2D eigenvalue weighted by Gasteiger charge is 2.25. The fourth-order valence-electron chi connectivity index (χ4n) is 3.41. The Labute approximate surface area is 178 Å². The topological polar surface area (TPSA) is 74.5 Å². The Kier molecular flexibility index (Phi) is 5.96. The molecule has 0 aliphatic carbocycles. The monoisotopic (exact) mass is 429 g/mol. The molecule has 3 aromatic rings. The van der Waals surface area contributed by atoms with E-state index in [2.05, 4.69) is 15.0 Å². The third kappa shape index (κ3) is 4.60. The van der Waals surface area contributed by atoms with E-state index in [0.717, 1.165) is 5.69 Å². The van der Waals surface area contributed by atoms with Crippen molar-refractivity contribution in [2.45, 2.75) is 12.6 Å². The van der Waals surface area contributed by atoms with Crippen LogP contribution in [0.2, 0.25) is 5.02 Å². The number of aliphatic hydroxyl groups is 1. The van der Waals surface area contributed by atoms with E-state index in [1.165, 1.54) is 35.3 Å². The van der Waals surface area contributed by atoms with Gasteiger partial charge >= 0.3 is 0 Å². The number of benzene rings is 2. The lowest BCUT2D eigenvalue weighted by Gasteiger charge is -2.35. The first-order valence-corrected chi connectivity index (χ1v) is 10.00. The van der Waals surface area contributed by atoms with Gasteiger partial charge in [-0.15, -0.1) is 5.10 Å². The molecule has 0 saturated carbocycles. The predicted molar refractivity (Wildman–Crippen MR) is 111 cm³/mol. The first-order valence-electron chi connectivity index (χ1n) is 9.62. The van der Waals surface area contributed by atoms with Gasteiger partial charge in [0.05, 0.1) is 12.6 Å². The number of aromatic nitrogens is 3. The number of aliphatic hydroxyl groups excluding tert-OH is 1. The molecule has 1 saturated heterocycles. The molecular weight excluding hydrogens is 409 g/mol. The van der Waals surface area contributed by atoms with Crippen molar-refractivity contribution in [2.75, 3.05) is 31.1 Å². The molecule has 1 amide bonds. The molecule has 0 spiro atoms. The highest BCUT2D eigenvalue weighted by molar-refractivity contribution is 6.30. The van der Waals surface area contributed by atoms with Gasteiger partial charge < -0.3 is 14.9 Å². The summed E-state index contributed by atoms with van der Waals surface area (Å²) in [7, 11) is 0. The fourth-order valence-corrected chi connectivity index (χ4v) is 3.54. The molecule has 4 rings (SSSR count). The van der Waals surface area contributed by atoms with Gasteiger partial charge in [0.25, 0.3) is 5.91 Å². The summed E-state index contributed by atoms with van der Waals surface area (Å²) < 4.78 is 14.4. The average molecular weight is 430 g/mol. The highest BCUT2D eigenvalue weighted by atomic mass is 35.5. The van der Waals surface area contributed by atoms with Crippen LogP contribution in [0.5, 0.6) is 0 Å². The van der Waals surface area contributed by atoms with Crippen molar-refractivity contribution in [3.63, 3.8) is 0 Å². The van der Waals surface area contributed by atoms with E-state index in [-0.39, 0.29) is 24.1 Å². The number of hydrogen-bond acceptors (Lipinski definition) is 5. The van der Waals surface area contributed by atoms with Crippen molar-refractivity contribution >= 4 is 23.2 Å². The van der Waals surface area contributed by atoms with Gasteiger partial charge in [0, 0.05) is 36.9 Å². The molecule has 0 unspecified atom stereocenters. The first kappa shape index (κ1) is 20.3. The molecule has 1 aromatic heterocycles. The molecule has 9 heteroatoms. The second-order valence-electron chi connectivity index (χ2n) is 7.11. The van der Waals surface area contributed by atoms with E-state index in [4.69, 9.17) is 11.6 Å². The quantitative estimate of drug-likeness (QED) is 0.675. The summed E-state index contributed by atoms with van der Waals surface area (Å²) >= 11 is 5.94. The normalized spacial score (nSPS) is 15.3. The van der Waals surface area contributed by atoms with Crippen LogP contribution in [0.3, 0.4) is 0 Å². The van der Waals surface area contributed by atoms with Gasteiger partial charge in [0.2, 0.25) is 5.82 Å². The van der Waals surface area contributed by atoms with Crippen LogP contribution in [-0.4, -0.2) is 56.9 Å². The van der Waals surface area contributed by atoms with Crippen LogP contribution in [0.15, 0.2) is 54.9 Å². The lowest BCUT2D eigenvalue weighted by atomic mass is 10.1. The Hall–Kier alpha value is -2.97. The smallest absolute Gasteiger partial charge is 0.293 e. The van der Waals surface area contributed by atoms with Crippen LogP contribution >= 0.6 is 11.6 Å². The van der Waals surface area contributed by atoms with E-state index in [9.17, 15) is 14.3 Å². The van der Waals surface area contributed by atoms with Crippen LogP contribution in [0, 0.1) is 5.82 Å². The number of carbonyl (C=O) groups excluding carboxylic acids is 1. The second-order valence-corrected chi connectivity index (χ2v) is 7.55. The molecule has 2 aromatic carbocycles. The van der Waals surface area contributed by atoms with Crippen molar-refractivity contribution < 1.29 is 14.3 Å². The third-order valence-corrected chi connectivity index (χ3v) is 5.35. The lowest BCUT2D eigenvalue weighted by molar-refractivity contribution is 0.0733. The Bertz CT molecular complexity index is 1000. The summed E-state index contributed by atoms with van der Waals surface area (Å²) in [4.78, 5) is 20.8. The fraction of sp³-hybridized carbons (Fsp3) is 0.286. The summed E-state index contributed by atoms with van der Waals surface area (Å²) in [5.74, 6) is -0.502. The molecule has 1 aliphatic heterocycles. The molecule has 1 aliphatic rings. The minimum absolute atomic E-state index is 0.0984. The van der Waals surface area contributed by atoms with E-state index < -0.39 is 6.10 Å². The van der Waals surface area contributed by atoms with Crippen molar-refractivity contribution in [3.8, 4) is 0 Å². The molecule has 1 fully saturated rings. The van der Waals surface area contributed by atoms with Gasteiger partial charge in [-0.25, -0.2) is 14.1 Å². The maximum atomic E-state index is 13.0. The van der Waals surface area contributed by atoms with Gasteiger partial charge in [0.1, 0.15) is 12.1 Å². The maximum Gasteiger partial charge on any atom is 0.293 e. The molecule has 1 atom stereocenters. The predicted octanol–water partition coefficient (Wildman–Crippen LogP) is 2.77. The minimum atomic E-state index is -0.877. The molecule has 1 N–H and O–H groups in total. The van der Waals surface area contributed by atoms with Gasteiger partial charge in [0.15, 0.2) is 0 Å². The standard InChI is InChI=1S/C21H21ClFN5O2/c22-16-3-7-18(8-4-16)26-9-11-27(12-10-26)21(30)20-24-14-28(25-20)13-19(29)15-1-5-17(23)6-2-15/h1-8,14,19,29H,9-13H2/t19-/m0/s1. The molecule has 30 heavy (non-hydrogen) atoms. The van der Waals surface area contributed by atoms with E-state index in [1.54, 1.807) is 4.90 Å². The van der Waals surface area contributed by atoms with Crippen LogP contribution in [0.1, 0.15) is 22.3 Å². The zero-order valence-corrected chi connectivity index (χ0v) is 16.9. The number of amides is 1. The van der Waals surface area contributed by atoms with Gasteiger partial charge in [-0.1, -0.05) is 23.7 Å². The molecule has 0 bridgehead atoms. The summed E-state index contributed by atoms with van der Waals surface area (Å²) in [6.07, 6.45) is 0.544.